The van der Waals surface area contributed by atoms with Crippen molar-refractivity contribution in [3.05, 3.63) is 11.4 Å². The van der Waals surface area contributed by atoms with Crippen LogP contribution in [0.15, 0.2) is 26.4 Å². The van der Waals surface area contributed by atoms with E-state index < -0.39 is 0 Å². The number of hydrogen-bond donors (Lipinski definition) is 0. The highest BCUT2D eigenvalue weighted by Crippen LogP contribution is 2.02. The summed E-state index contributed by atoms with van der Waals surface area (Å²) in [7, 11) is 1.70. The smallest absolute Gasteiger partial charge is 0.101 e. The van der Waals surface area contributed by atoms with Crippen molar-refractivity contribution >= 4 is 19.1 Å². The summed E-state index contributed by atoms with van der Waals surface area (Å²) >= 11 is 0. The summed E-state index contributed by atoms with van der Waals surface area (Å²) in [5, 5.41) is 0. The lowest BCUT2D eigenvalue weighted by Crippen LogP contribution is -1.85. The van der Waals surface area contributed by atoms with Crippen LogP contribution in [0, 0.1) is 0 Å². The van der Waals surface area contributed by atoms with Crippen LogP contribution in [-0.4, -0.2) is 26.2 Å². The first-order valence-corrected chi connectivity index (χ1v) is 3.34. The van der Waals surface area contributed by atoms with Crippen molar-refractivity contribution in [2.24, 2.45) is 15.0 Å². The molecule has 0 aromatic carbocycles. The van der Waals surface area contributed by atoms with Gasteiger partial charge in [0.25, 0.3) is 0 Å². The third-order valence-corrected chi connectivity index (χ3v) is 1.13. The molecule has 0 unspecified atom stereocenters. The van der Waals surface area contributed by atoms with Gasteiger partial charge in [-0.25, -0.2) is 0 Å². The van der Waals surface area contributed by atoms with Crippen molar-refractivity contribution in [1.82, 2.24) is 0 Å². The molecular weight excluding hydrogens is 138 g/mol. The average molecular weight is 151 g/mol. The molecule has 0 atom stereocenters. The normalized spacial score (nSPS) is 14.1. The quantitative estimate of drug-likeness (QED) is 0.551. The number of rotatable bonds is 3. The van der Waals surface area contributed by atoms with Crippen LogP contribution in [-0.2, 0) is 0 Å². The fourth-order valence-electron chi connectivity index (χ4n) is 0.563. The first-order chi connectivity index (χ1) is 5.26. The van der Waals surface area contributed by atoms with Crippen LogP contribution in [0.1, 0.15) is 13.8 Å². The molecule has 0 bridgehead atoms. The molecule has 0 rings (SSSR count). The van der Waals surface area contributed by atoms with E-state index >= 15 is 0 Å². The molecule has 0 aromatic rings. The van der Waals surface area contributed by atoms with Gasteiger partial charge in [-0.3, -0.25) is 15.0 Å². The number of hydrogen-bond acceptors (Lipinski definition) is 3. The second-order valence-corrected chi connectivity index (χ2v) is 1.90. The maximum Gasteiger partial charge on any atom is 0.101 e. The number of allylic oxidation sites excluding steroid dienone is 2. The summed E-state index contributed by atoms with van der Waals surface area (Å²) in [6.07, 6.45) is 3.36. The van der Waals surface area contributed by atoms with Crippen LogP contribution in [0.3, 0.4) is 0 Å². The minimum Gasteiger partial charge on any atom is -0.294 e. The van der Waals surface area contributed by atoms with E-state index in [0.29, 0.717) is 0 Å². The summed E-state index contributed by atoms with van der Waals surface area (Å²) in [6, 6.07) is 0. The zero-order chi connectivity index (χ0) is 8.69. The van der Waals surface area contributed by atoms with Crippen LogP contribution >= 0.6 is 0 Å². The van der Waals surface area contributed by atoms with Crippen molar-refractivity contribution in [3.8, 4) is 0 Å². The lowest BCUT2D eigenvalue weighted by Gasteiger charge is -1.94. The Kier molecular flexibility index (Phi) is 4.90. The highest BCUT2D eigenvalue weighted by atomic mass is 14.8. The fourth-order valence-corrected chi connectivity index (χ4v) is 0.563. The molecule has 11 heavy (non-hydrogen) atoms. The molecule has 0 aliphatic carbocycles. The first kappa shape index (κ1) is 9.75. The SMILES string of the molecule is C=N/C(C)=C(/C=NC)N=CC. The van der Waals surface area contributed by atoms with E-state index in [1.165, 1.54) is 0 Å². The van der Waals surface area contributed by atoms with E-state index in [1.807, 2.05) is 13.8 Å². The lowest BCUT2D eigenvalue weighted by atomic mass is 10.4. The van der Waals surface area contributed by atoms with Gasteiger partial charge in [0.2, 0.25) is 0 Å². The Bertz CT molecular complexity index is 197. The zero-order valence-electron chi connectivity index (χ0n) is 7.20. The molecule has 0 radical (unpaired) electrons. The largest absolute Gasteiger partial charge is 0.294 e. The van der Waals surface area contributed by atoms with Crippen molar-refractivity contribution in [1.29, 1.82) is 0 Å². The van der Waals surface area contributed by atoms with Crippen molar-refractivity contribution < 1.29 is 0 Å². The first-order valence-electron chi connectivity index (χ1n) is 3.34. The maximum absolute atomic E-state index is 4.06. The summed E-state index contributed by atoms with van der Waals surface area (Å²) in [4.78, 5) is 11.6. The van der Waals surface area contributed by atoms with Crippen LogP contribution in [0.4, 0.5) is 0 Å². The van der Waals surface area contributed by atoms with Crippen LogP contribution in [0.2, 0.25) is 0 Å². The van der Waals surface area contributed by atoms with Gasteiger partial charge < -0.3 is 0 Å². The van der Waals surface area contributed by atoms with Gasteiger partial charge in [0.1, 0.15) is 5.70 Å². The summed E-state index contributed by atoms with van der Waals surface area (Å²) in [5.41, 5.74) is 1.54. The highest BCUT2D eigenvalue weighted by Gasteiger charge is 1.92. The molecule has 0 fully saturated rings. The molecule has 0 heterocycles. The Balaban J connectivity index is 4.70. The van der Waals surface area contributed by atoms with Gasteiger partial charge in [0, 0.05) is 19.5 Å². The monoisotopic (exact) mass is 151 g/mol. The molecule has 0 N–H and O–H groups in total. The van der Waals surface area contributed by atoms with Crippen molar-refractivity contribution in [3.63, 3.8) is 0 Å². The predicted molar refractivity (Wildman–Crippen MR) is 50.8 cm³/mol. The minimum absolute atomic E-state index is 0.755. The van der Waals surface area contributed by atoms with Gasteiger partial charge >= 0.3 is 0 Å². The Morgan fingerprint density at radius 3 is 2.45 bits per heavy atom. The summed E-state index contributed by atoms with van der Waals surface area (Å²) in [5.74, 6) is 0. The molecule has 0 aromatic heterocycles. The molecule has 3 heteroatoms. The lowest BCUT2D eigenvalue weighted by molar-refractivity contribution is 1.24. The number of nitrogens with zero attached hydrogens (tertiary/aromatic N) is 3. The van der Waals surface area contributed by atoms with Gasteiger partial charge in [0.05, 0.1) is 5.70 Å². The molecule has 0 spiro atoms. The van der Waals surface area contributed by atoms with Gasteiger partial charge in [-0.1, -0.05) is 0 Å². The second-order valence-electron chi connectivity index (χ2n) is 1.90. The molecule has 60 valence electrons. The van der Waals surface area contributed by atoms with Crippen LogP contribution in [0.25, 0.3) is 0 Å². The zero-order valence-corrected chi connectivity index (χ0v) is 7.20. The molecule has 0 aliphatic heterocycles. The average Bonchev–Trinajstić information content (AvgIpc) is 2.03. The molecule has 0 saturated heterocycles. The summed E-state index contributed by atoms with van der Waals surface area (Å²) in [6.45, 7) is 7.09. The summed E-state index contributed by atoms with van der Waals surface area (Å²) < 4.78 is 0. The van der Waals surface area contributed by atoms with E-state index in [1.54, 1.807) is 19.5 Å². The third kappa shape index (κ3) is 3.45. The minimum atomic E-state index is 0.755. The maximum atomic E-state index is 4.06. The molecular formula is C8H13N3. The van der Waals surface area contributed by atoms with Crippen molar-refractivity contribution in [2.45, 2.75) is 13.8 Å². The van der Waals surface area contributed by atoms with E-state index in [2.05, 4.69) is 21.7 Å². The predicted octanol–water partition coefficient (Wildman–Crippen LogP) is 1.71. The van der Waals surface area contributed by atoms with Gasteiger partial charge in [-0.15, -0.1) is 0 Å². The van der Waals surface area contributed by atoms with E-state index in [-0.39, 0.29) is 0 Å². The second kappa shape index (κ2) is 5.53. The molecule has 3 nitrogen and oxygen atoms in total. The Morgan fingerprint density at radius 1 is 1.45 bits per heavy atom. The Labute approximate surface area is 67.3 Å². The van der Waals surface area contributed by atoms with E-state index in [4.69, 9.17) is 0 Å². The standard InChI is InChI=1S/C8H13N3/c1-5-11-8(6-9-3)7(2)10-4/h5-6H,4H2,1-3H3/b8-7-,9-6?,11-5?. The number of aliphatic imine (C=N–C) groups is 3. The van der Waals surface area contributed by atoms with E-state index in [0.717, 1.165) is 11.4 Å². The molecule has 0 aliphatic rings. The highest BCUT2D eigenvalue weighted by molar-refractivity contribution is 5.81. The Hall–Kier alpha value is -1.25. The van der Waals surface area contributed by atoms with Crippen molar-refractivity contribution in [2.75, 3.05) is 7.05 Å². The van der Waals surface area contributed by atoms with Gasteiger partial charge in [0.15, 0.2) is 0 Å². The van der Waals surface area contributed by atoms with Gasteiger partial charge in [-0.2, -0.15) is 0 Å². The Morgan fingerprint density at radius 2 is 2.09 bits per heavy atom. The topological polar surface area (TPSA) is 37.1 Å². The molecule has 0 amide bonds. The van der Waals surface area contributed by atoms with Gasteiger partial charge in [-0.05, 0) is 20.6 Å². The van der Waals surface area contributed by atoms with E-state index in [9.17, 15) is 0 Å². The van der Waals surface area contributed by atoms with Crippen LogP contribution < -0.4 is 0 Å². The van der Waals surface area contributed by atoms with Crippen LogP contribution in [0.5, 0.6) is 0 Å². The fraction of sp³-hybridized carbons (Fsp3) is 0.375. The molecule has 0 saturated carbocycles. The third-order valence-electron chi connectivity index (χ3n) is 1.13.